The number of hydrogen-bond donors (Lipinski definition) is 0. The molecular formula is C17H28N2O3S. The van der Waals surface area contributed by atoms with E-state index in [0.717, 1.165) is 13.1 Å². The van der Waals surface area contributed by atoms with Gasteiger partial charge in [0.15, 0.2) is 0 Å². The van der Waals surface area contributed by atoms with Crippen molar-refractivity contribution in [2.45, 2.75) is 51.2 Å². The molecule has 0 unspecified atom stereocenters. The van der Waals surface area contributed by atoms with Crippen LogP contribution in [0.15, 0.2) is 29.2 Å². The Labute approximate surface area is 140 Å². The standard InChI is InChI=1S/C17H28N2O3S/c1-14(2)22-15-6-8-16(9-7-15)23(20,21)19-12-10-18(11-13-19)17(3,4)5/h6-9,14H,10-13H2,1-5H3. The maximum absolute atomic E-state index is 12.7. The smallest absolute Gasteiger partial charge is 0.243 e. The van der Waals surface area contributed by atoms with Gasteiger partial charge in [0.25, 0.3) is 0 Å². The number of piperazine rings is 1. The minimum Gasteiger partial charge on any atom is -0.491 e. The van der Waals surface area contributed by atoms with Crippen LogP contribution < -0.4 is 4.74 Å². The van der Waals surface area contributed by atoms with Crippen LogP contribution in [0.3, 0.4) is 0 Å². The third kappa shape index (κ3) is 4.46. The molecule has 1 aromatic rings. The first kappa shape index (κ1) is 18.2. The molecule has 0 atom stereocenters. The van der Waals surface area contributed by atoms with Gasteiger partial charge in [-0.1, -0.05) is 0 Å². The van der Waals surface area contributed by atoms with Gasteiger partial charge in [0.1, 0.15) is 5.75 Å². The molecule has 1 aliphatic rings. The van der Waals surface area contributed by atoms with Crippen LogP contribution in [0.4, 0.5) is 0 Å². The highest BCUT2D eigenvalue weighted by Crippen LogP contribution is 2.23. The van der Waals surface area contributed by atoms with Gasteiger partial charge in [-0.3, -0.25) is 4.90 Å². The minimum absolute atomic E-state index is 0.0722. The van der Waals surface area contributed by atoms with Gasteiger partial charge < -0.3 is 4.74 Å². The van der Waals surface area contributed by atoms with Crippen molar-refractivity contribution < 1.29 is 13.2 Å². The van der Waals surface area contributed by atoms with Crippen molar-refractivity contribution in [1.29, 1.82) is 0 Å². The summed E-state index contributed by atoms with van der Waals surface area (Å²) < 4.78 is 32.6. The van der Waals surface area contributed by atoms with E-state index in [-0.39, 0.29) is 11.6 Å². The van der Waals surface area contributed by atoms with E-state index in [1.165, 1.54) is 0 Å². The normalized spacial score (nSPS) is 18.3. The van der Waals surface area contributed by atoms with Gasteiger partial charge >= 0.3 is 0 Å². The van der Waals surface area contributed by atoms with Crippen molar-refractivity contribution in [3.05, 3.63) is 24.3 Å². The Morgan fingerprint density at radius 2 is 1.52 bits per heavy atom. The number of hydrogen-bond acceptors (Lipinski definition) is 4. The van der Waals surface area contributed by atoms with E-state index < -0.39 is 10.0 Å². The first-order chi connectivity index (χ1) is 10.6. The fourth-order valence-corrected chi connectivity index (χ4v) is 4.13. The van der Waals surface area contributed by atoms with Crippen LogP contribution in [0.5, 0.6) is 5.75 Å². The van der Waals surface area contributed by atoms with Crippen LogP contribution in [0, 0.1) is 0 Å². The fourth-order valence-electron chi connectivity index (χ4n) is 2.71. The highest BCUT2D eigenvalue weighted by atomic mass is 32.2. The second-order valence-corrected chi connectivity index (χ2v) is 9.14. The number of rotatable bonds is 4. The van der Waals surface area contributed by atoms with E-state index in [0.29, 0.717) is 23.7 Å². The van der Waals surface area contributed by atoms with Gasteiger partial charge in [-0.05, 0) is 58.9 Å². The summed E-state index contributed by atoms with van der Waals surface area (Å²) in [5.74, 6) is 0.691. The van der Waals surface area contributed by atoms with E-state index in [9.17, 15) is 8.42 Å². The topological polar surface area (TPSA) is 49.9 Å². The van der Waals surface area contributed by atoms with Crippen LogP contribution in [-0.2, 0) is 10.0 Å². The Hall–Kier alpha value is -1.11. The molecule has 23 heavy (non-hydrogen) atoms. The molecule has 1 aromatic carbocycles. The molecule has 5 nitrogen and oxygen atoms in total. The van der Waals surface area contributed by atoms with Crippen LogP contribution in [0.25, 0.3) is 0 Å². The molecule has 6 heteroatoms. The predicted molar refractivity (Wildman–Crippen MR) is 92.3 cm³/mol. The second-order valence-electron chi connectivity index (χ2n) is 7.20. The molecule has 0 N–H and O–H groups in total. The third-order valence-electron chi connectivity index (χ3n) is 4.02. The predicted octanol–water partition coefficient (Wildman–Crippen LogP) is 2.58. The zero-order valence-electron chi connectivity index (χ0n) is 14.7. The summed E-state index contributed by atoms with van der Waals surface area (Å²) in [6, 6.07) is 6.70. The van der Waals surface area contributed by atoms with E-state index in [1.807, 2.05) is 13.8 Å². The van der Waals surface area contributed by atoms with Gasteiger partial charge in [-0.15, -0.1) is 0 Å². The molecule has 1 saturated heterocycles. The first-order valence-electron chi connectivity index (χ1n) is 8.12. The van der Waals surface area contributed by atoms with Gasteiger partial charge in [-0.2, -0.15) is 4.31 Å². The lowest BCUT2D eigenvalue weighted by Gasteiger charge is -2.41. The molecule has 1 fully saturated rings. The average Bonchev–Trinajstić information content (AvgIpc) is 2.46. The SMILES string of the molecule is CC(C)Oc1ccc(S(=O)(=O)N2CCN(C(C)(C)C)CC2)cc1. The quantitative estimate of drug-likeness (QED) is 0.845. The highest BCUT2D eigenvalue weighted by molar-refractivity contribution is 7.89. The van der Waals surface area contributed by atoms with Crippen LogP contribution in [0.2, 0.25) is 0 Å². The van der Waals surface area contributed by atoms with Gasteiger partial charge in [0.05, 0.1) is 11.0 Å². The second kappa shape index (κ2) is 6.79. The highest BCUT2D eigenvalue weighted by Gasteiger charge is 2.32. The first-order valence-corrected chi connectivity index (χ1v) is 9.56. The molecule has 2 rings (SSSR count). The monoisotopic (exact) mass is 340 g/mol. The minimum atomic E-state index is -3.43. The average molecular weight is 340 g/mol. The Bertz CT molecular complexity index is 610. The molecule has 0 aliphatic carbocycles. The molecule has 0 saturated carbocycles. The zero-order valence-corrected chi connectivity index (χ0v) is 15.6. The van der Waals surface area contributed by atoms with Crippen LogP contribution in [-0.4, -0.2) is 55.4 Å². The largest absolute Gasteiger partial charge is 0.491 e. The lowest BCUT2D eigenvalue weighted by Crippen LogP contribution is -2.54. The number of nitrogens with zero attached hydrogens (tertiary/aromatic N) is 2. The summed E-state index contributed by atoms with van der Waals surface area (Å²) in [5.41, 5.74) is 0.0751. The number of ether oxygens (including phenoxy) is 1. The van der Waals surface area contributed by atoms with Crippen molar-refractivity contribution in [2.24, 2.45) is 0 Å². The van der Waals surface area contributed by atoms with Crippen molar-refractivity contribution in [3.63, 3.8) is 0 Å². The molecule has 0 spiro atoms. The summed E-state index contributed by atoms with van der Waals surface area (Å²) in [6.07, 6.45) is 0.0722. The lowest BCUT2D eigenvalue weighted by molar-refractivity contribution is 0.0922. The van der Waals surface area contributed by atoms with E-state index in [2.05, 4.69) is 25.7 Å². The molecule has 0 radical (unpaired) electrons. The third-order valence-corrected chi connectivity index (χ3v) is 5.93. The summed E-state index contributed by atoms with van der Waals surface area (Å²) in [5, 5.41) is 0. The molecule has 0 amide bonds. The summed E-state index contributed by atoms with van der Waals surface area (Å²) in [4.78, 5) is 2.65. The van der Waals surface area contributed by atoms with Gasteiger partial charge in [0.2, 0.25) is 10.0 Å². The lowest BCUT2D eigenvalue weighted by atomic mass is 10.1. The Kier molecular flexibility index (Phi) is 5.38. The Balaban J connectivity index is 2.08. The van der Waals surface area contributed by atoms with Crippen LogP contribution >= 0.6 is 0 Å². The van der Waals surface area contributed by atoms with Crippen molar-refractivity contribution >= 4 is 10.0 Å². The van der Waals surface area contributed by atoms with E-state index >= 15 is 0 Å². The van der Waals surface area contributed by atoms with Crippen molar-refractivity contribution in [3.8, 4) is 5.75 Å². The molecule has 0 bridgehead atoms. The molecule has 1 heterocycles. The zero-order chi connectivity index (χ0) is 17.3. The summed E-state index contributed by atoms with van der Waals surface area (Å²) in [6.45, 7) is 12.9. The van der Waals surface area contributed by atoms with Crippen molar-refractivity contribution in [2.75, 3.05) is 26.2 Å². The van der Waals surface area contributed by atoms with Crippen molar-refractivity contribution in [1.82, 2.24) is 9.21 Å². The summed E-state index contributed by atoms with van der Waals surface area (Å²) >= 11 is 0. The van der Waals surface area contributed by atoms with E-state index in [4.69, 9.17) is 4.74 Å². The van der Waals surface area contributed by atoms with Crippen LogP contribution in [0.1, 0.15) is 34.6 Å². The number of sulfonamides is 1. The molecule has 130 valence electrons. The van der Waals surface area contributed by atoms with Gasteiger partial charge in [-0.25, -0.2) is 8.42 Å². The van der Waals surface area contributed by atoms with E-state index in [1.54, 1.807) is 28.6 Å². The van der Waals surface area contributed by atoms with Gasteiger partial charge in [0, 0.05) is 31.7 Å². The Morgan fingerprint density at radius 3 is 1.96 bits per heavy atom. The maximum Gasteiger partial charge on any atom is 0.243 e. The maximum atomic E-state index is 12.7. The summed E-state index contributed by atoms with van der Waals surface area (Å²) in [7, 11) is -3.43. The molecule has 1 aliphatic heterocycles. The number of benzene rings is 1. The molecular weight excluding hydrogens is 312 g/mol. The molecule has 0 aromatic heterocycles. The fraction of sp³-hybridized carbons (Fsp3) is 0.647. The Morgan fingerprint density at radius 1 is 1.00 bits per heavy atom.